The molecule has 0 saturated heterocycles. The number of halogens is 2. The molecule has 2 rings (SSSR count). The third kappa shape index (κ3) is 3.78. The van der Waals surface area contributed by atoms with Gasteiger partial charge in [-0.3, -0.25) is 4.79 Å². The average molecular weight is 294 g/mol. The topological polar surface area (TPSA) is 33.0 Å². The van der Waals surface area contributed by atoms with Crippen LogP contribution in [0.25, 0.3) is 0 Å². The number of anilines is 1. The van der Waals surface area contributed by atoms with E-state index in [4.69, 9.17) is 11.6 Å². The molecule has 1 heterocycles. The molecule has 0 radical (unpaired) electrons. The first-order valence-electron chi connectivity index (χ1n) is 6.31. The van der Waals surface area contributed by atoms with E-state index in [-0.39, 0.29) is 17.5 Å². The van der Waals surface area contributed by atoms with Gasteiger partial charge in [0.05, 0.1) is 10.7 Å². The van der Waals surface area contributed by atoms with Crippen LogP contribution in [-0.2, 0) is 17.8 Å². The number of aryl methyl sites for hydroxylation is 1. The Labute approximate surface area is 122 Å². The molecule has 0 atom stereocenters. The minimum absolute atomic E-state index is 0.178. The van der Waals surface area contributed by atoms with Crippen LogP contribution in [0, 0.1) is 5.82 Å². The quantitative estimate of drug-likeness (QED) is 0.864. The van der Waals surface area contributed by atoms with Crippen LogP contribution in [0.4, 0.5) is 10.1 Å². The lowest BCUT2D eigenvalue weighted by Gasteiger charge is -2.05. The van der Waals surface area contributed by atoms with E-state index in [2.05, 4.69) is 12.2 Å². The minimum Gasteiger partial charge on any atom is -0.319 e. The zero-order chi connectivity index (χ0) is 14.5. The van der Waals surface area contributed by atoms with Crippen LogP contribution in [0.3, 0.4) is 0 Å². The van der Waals surface area contributed by atoms with Gasteiger partial charge >= 0.3 is 0 Å². The summed E-state index contributed by atoms with van der Waals surface area (Å²) in [6, 6.07) is 7.81. The van der Waals surface area contributed by atoms with Crippen molar-refractivity contribution in [2.45, 2.75) is 19.9 Å². The van der Waals surface area contributed by atoms with Gasteiger partial charge in [-0.25, -0.2) is 4.39 Å². The molecule has 3 nitrogen and oxygen atoms in total. The number of hydrogen-bond donors (Lipinski definition) is 1. The normalized spacial score (nSPS) is 10.3. The molecule has 0 aliphatic heterocycles. The highest BCUT2D eigenvalue weighted by atomic mass is 35.5. The molecule has 1 amide bonds. The Morgan fingerprint density at radius 2 is 2.00 bits per heavy atom. The molecule has 2 aromatic rings. The van der Waals surface area contributed by atoms with Gasteiger partial charge in [0.15, 0.2) is 12.4 Å². The van der Waals surface area contributed by atoms with Crippen LogP contribution in [-0.4, -0.2) is 5.91 Å². The third-order valence-electron chi connectivity index (χ3n) is 2.90. The average Bonchev–Trinajstić information content (AvgIpc) is 2.43. The number of benzene rings is 1. The van der Waals surface area contributed by atoms with Gasteiger partial charge in [-0.2, -0.15) is 4.57 Å². The number of carbonyl (C=O) groups excluding carboxylic acids is 1. The lowest BCUT2D eigenvalue weighted by molar-refractivity contribution is -0.684. The van der Waals surface area contributed by atoms with Crippen LogP contribution in [0.1, 0.15) is 12.5 Å². The zero-order valence-corrected chi connectivity index (χ0v) is 11.8. The fraction of sp³-hybridized carbons (Fsp3) is 0.200. The first-order chi connectivity index (χ1) is 9.58. The van der Waals surface area contributed by atoms with Gasteiger partial charge in [-0.05, 0) is 30.2 Å². The maximum Gasteiger partial charge on any atom is 0.290 e. The second kappa shape index (κ2) is 6.48. The van der Waals surface area contributed by atoms with Gasteiger partial charge < -0.3 is 5.32 Å². The summed E-state index contributed by atoms with van der Waals surface area (Å²) in [6.07, 6.45) is 4.66. The summed E-state index contributed by atoms with van der Waals surface area (Å²) in [6.45, 7) is 2.25. The van der Waals surface area contributed by atoms with Crippen LogP contribution >= 0.6 is 11.6 Å². The van der Waals surface area contributed by atoms with Crippen molar-refractivity contribution < 1.29 is 13.8 Å². The van der Waals surface area contributed by atoms with Crippen LogP contribution < -0.4 is 9.88 Å². The summed E-state index contributed by atoms with van der Waals surface area (Å²) in [4.78, 5) is 11.9. The summed E-state index contributed by atoms with van der Waals surface area (Å²) in [5, 5.41) is 2.84. The Morgan fingerprint density at radius 3 is 2.60 bits per heavy atom. The second-order valence-electron chi connectivity index (χ2n) is 4.40. The van der Waals surface area contributed by atoms with E-state index in [1.165, 1.54) is 23.8 Å². The summed E-state index contributed by atoms with van der Waals surface area (Å²) < 4.78 is 14.7. The number of amides is 1. The number of aromatic nitrogens is 1. The number of hydrogen-bond acceptors (Lipinski definition) is 1. The number of nitrogens with zero attached hydrogens (tertiary/aromatic N) is 1. The van der Waals surface area contributed by atoms with Crippen molar-refractivity contribution in [3.8, 4) is 0 Å². The van der Waals surface area contributed by atoms with E-state index in [0.717, 1.165) is 6.42 Å². The Hall–Kier alpha value is -1.94. The fourth-order valence-electron chi connectivity index (χ4n) is 1.78. The van der Waals surface area contributed by atoms with Gasteiger partial charge in [-0.1, -0.05) is 18.5 Å². The largest absolute Gasteiger partial charge is 0.319 e. The molecule has 0 aliphatic rings. The molecule has 1 N–H and O–H groups in total. The van der Waals surface area contributed by atoms with Crippen molar-refractivity contribution in [1.29, 1.82) is 0 Å². The highest BCUT2D eigenvalue weighted by Gasteiger charge is 2.11. The number of nitrogens with one attached hydrogen (secondary N) is 1. The molecule has 1 aromatic heterocycles. The van der Waals surface area contributed by atoms with E-state index >= 15 is 0 Å². The molecule has 104 valence electrons. The molecular formula is C15H15ClFN2O+. The molecule has 0 bridgehead atoms. The van der Waals surface area contributed by atoms with Gasteiger partial charge in [0.1, 0.15) is 5.82 Å². The third-order valence-corrected chi connectivity index (χ3v) is 3.21. The van der Waals surface area contributed by atoms with Crippen molar-refractivity contribution in [3.05, 3.63) is 59.1 Å². The van der Waals surface area contributed by atoms with E-state index in [0.29, 0.717) is 5.69 Å². The van der Waals surface area contributed by atoms with Crippen LogP contribution in [0.5, 0.6) is 0 Å². The standard InChI is InChI=1S/C15H14ClFN2O/c1-2-11-5-7-19(8-6-11)10-15(20)18-14-4-3-12(17)9-13(14)16/h3-9H,2,10H2,1H3/p+1. The number of rotatable bonds is 4. The lowest BCUT2D eigenvalue weighted by Crippen LogP contribution is -2.39. The number of carbonyl (C=O) groups is 1. The number of pyridine rings is 1. The molecule has 0 fully saturated rings. The molecular weight excluding hydrogens is 279 g/mol. The van der Waals surface area contributed by atoms with Crippen molar-refractivity contribution in [1.82, 2.24) is 0 Å². The van der Waals surface area contributed by atoms with Crippen LogP contribution in [0.15, 0.2) is 42.7 Å². The molecule has 1 aromatic carbocycles. The summed E-state index contributed by atoms with van der Waals surface area (Å²) in [5.41, 5.74) is 1.62. The van der Waals surface area contributed by atoms with Crippen molar-refractivity contribution >= 4 is 23.2 Å². The highest BCUT2D eigenvalue weighted by Crippen LogP contribution is 2.22. The molecule has 0 spiro atoms. The maximum absolute atomic E-state index is 12.9. The Bertz CT molecular complexity index is 614. The minimum atomic E-state index is -0.433. The smallest absolute Gasteiger partial charge is 0.290 e. The van der Waals surface area contributed by atoms with Gasteiger partial charge in [0.2, 0.25) is 6.54 Å². The summed E-state index contributed by atoms with van der Waals surface area (Å²) in [5.74, 6) is -0.648. The van der Waals surface area contributed by atoms with E-state index < -0.39 is 5.82 Å². The predicted molar refractivity (Wildman–Crippen MR) is 76.1 cm³/mol. The molecule has 0 aliphatic carbocycles. The van der Waals surface area contributed by atoms with Crippen molar-refractivity contribution in [2.75, 3.05) is 5.32 Å². The van der Waals surface area contributed by atoms with E-state index in [1.807, 2.05) is 24.5 Å². The van der Waals surface area contributed by atoms with Crippen LogP contribution in [0.2, 0.25) is 5.02 Å². The monoisotopic (exact) mass is 293 g/mol. The SMILES string of the molecule is CCc1cc[n+](CC(=O)Nc2ccc(F)cc2Cl)cc1. The predicted octanol–water partition coefficient (Wildman–Crippen LogP) is 2.97. The fourth-order valence-corrected chi connectivity index (χ4v) is 1.99. The van der Waals surface area contributed by atoms with Crippen molar-refractivity contribution in [3.63, 3.8) is 0 Å². The first-order valence-corrected chi connectivity index (χ1v) is 6.69. The van der Waals surface area contributed by atoms with E-state index in [9.17, 15) is 9.18 Å². The molecule has 5 heteroatoms. The summed E-state index contributed by atoms with van der Waals surface area (Å²) >= 11 is 5.85. The van der Waals surface area contributed by atoms with Crippen molar-refractivity contribution in [2.24, 2.45) is 0 Å². The Kier molecular flexibility index (Phi) is 4.69. The lowest BCUT2D eigenvalue weighted by atomic mass is 10.2. The maximum atomic E-state index is 12.9. The molecule has 20 heavy (non-hydrogen) atoms. The zero-order valence-electron chi connectivity index (χ0n) is 11.1. The Morgan fingerprint density at radius 1 is 1.30 bits per heavy atom. The summed E-state index contributed by atoms with van der Waals surface area (Å²) in [7, 11) is 0. The molecule has 0 saturated carbocycles. The van der Waals surface area contributed by atoms with Gasteiger partial charge in [-0.15, -0.1) is 0 Å². The van der Waals surface area contributed by atoms with Gasteiger partial charge in [0, 0.05) is 12.1 Å². The van der Waals surface area contributed by atoms with E-state index in [1.54, 1.807) is 4.57 Å². The van der Waals surface area contributed by atoms with Gasteiger partial charge in [0.25, 0.3) is 5.91 Å². The first kappa shape index (κ1) is 14.5. The second-order valence-corrected chi connectivity index (χ2v) is 4.81. The highest BCUT2D eigenvalue weighted by molar-refractivity contribution is 6.33. The molecule has 0 unspecified atom stereocenters. The Balaban J connectivity index is 2.01.